The summed E-state index contributed by atoms with van der Waals surface area (Å²) in [5.74, 6) is 2.70. The zero-order chi connectivity index (χ0) is 16.9. The van der Waals surface area contributed by atoms with Gasteiger partial charge < -0.3 is 14.6 Å². The molecule has 24 heavy (non-hydrogen) atoms. The second kappa shape index (κ2) is 7.12. The van der Waals surface area contributed by atoms with E-state index in [1.54, 1.807) is 13.1 Å². The Balaban J connectivity index is 1.77. The van der Waals surface area contributed by atoms with Crippen molar-refractivity contribution in [1.29, 1.82) is 0 Å². The Hall–Kier alpha value is -2.89. The highest BCUT2D eigenvalue weighted by Crippen LogP contribution is 2.25. The lowest BCUT2D eigenvalue weighted by atomic mass is 10.1. The van der Waals surface area contributed by atoms with Crippen molar-refractivity contribution in [2.45, 2.75) is 27.3 Å². The Morgan fingerprint density at radius 2 is 2.08 bits per heavy atom. The number of aryl methyl sites for hydroxylation is 2. The van der Waals surface area contributed by atoms with Crippen LogP contribution in [0.1, 0.15) is 23.9 Å². The molecule has 0 spiro atoms. The van der Waals surface area contributed by atoms with Crippen molar-refractivity contribution in [3.05, 3.63) is 53.5 Å². The molecule has 6 nitrogen and oxygen atoms in total. The van der Waals surface area contributed by atoms with Crippen LogP contribution in [-0.2, 0) is 6.54 Å². The van der Waals surface area contributed by atoms with Gasteiger partial charge in [0.1, 0.15) is 11.6 Å². The van der Waals surface area contributed by atoms with Gasteiger partial charge in [-0.1, -0.05) is 17.3 Å². The van der Waals surface area contributed by atoms with Crippen molar-refractivity contribution in [3.63, 3.8) is 0 Å². The predicted molar refractivity (Wildman–Crippen MR) is 91.9 cm³/mol. The maximum atomic E-state index is 5.57. The Kier molecular flexibility index (Phi) is 4.74. The van der Waals surface area contributed by atoms with Gasteiger partial charge in [0, 0.05) is 12.7 Å². The van der Waals surface area contributed by atoms with E-state index < -0.39 is 0 Å². The average molecular weight is 324 g/mol. The van der Waals surface area contributed by atoms with E-state index in [2.05, 4.69) is 26.5 Å². The van der Waals surface area contributed by atoms with Crippen LogP contribution < -0.4 is 10.1 Å². The van der Waals surface area contributed by atoms with E-state index in [0.29, 0.717) is 30.7 Å². The number of hydrogen-bond acceptors (Lipinski definition) is 6. The summed E-state index contributed by atoms with van der Waals surface area (Å²) in [5.41, 5.74) is 3.06. The summed E-state index contributed by atoms with van der Waals surface area (Å²) in [6.07, 6.45) is 1.73. The molecule has 0 saturated heterocycles. The van der Waals surface area contributed by atoms with Crippen LogP contribution in [0.2, 0.25) is 0 Å². The zero-order valence-electron chi connectivity index (χ0n) is 14.0. The van der Waals surface area contributed by atoms with E-state index in [-0.39, 0.29) is 0 Å². The van der Waals surface area contributed by atoms with Gasteiger partial charge in [0.25, 0.3) is 5.89 Å². The summed E-state index contributed by atoms with van der Waals surface area (Å²) >= 11 is 0. The van der Waals surface area contributed by atoms with Crippen molar-refractivity contribution in [3.8, 4) is 17.2 Å². The molecule has 0 fully saturated rings. The quantitative estimate of drug-likeness (QED) is 0.744. The highest BCUT2D eigenvalue weighted by molar-refractivity contribution is 5.68. The summed E-state index contributed by atoms with van der Waals surface area (Å²) in [6.45, 7) is 7.13. The number of ether oxygens (including phenoxy) is 1. The third-order valence-electron chi connectivity index (χ3n) is 3.56. The fraction of sp³-hybridized carbons (Fsp3) is 0.278. The zero-order valence-corrected chi connectivity index (χ0v) is 14.0. The van der Waals surface area contributed by atoms with Gasteiger partial charge in [-0.25, -0.2) is 4.98 Å². The van der Waals surface area contributed by atoms with Gasteiger partial charge >= 0.3 is 0 Å². The van der Waals surface area contributed by atoms with Gasteiger partial charge in [0.15, 0.2) is 5.82 Å². The van der Waals surface area contributed by atoms with Crippen LogP contribution in [0.3, 0.4) is 0 Å². The summed E-state index contributed by atoms with van der Waals surface area (Å²) in [6, 6.07) is 9.91. The lowest BCUT2D eigenvalue weighted by molar-refractivity contribution is 0.338. The third-order valence-corrected chi connectivity index (χ3v) is 3.56. The molecule has 0 bridgehead atoms. The second-order valence-corrected chi connectivity index (χ2v) is 5.43. The van der Waals surface area contributed by atoms with Crippen LogP contribution in [0.25, 0.3) is 11.5 Å². The monoisotopic (exact) mass is 324 g/mol. The number of anilines is 1. The van der Waals surface area contributed by atoms with E-state index in [0.717, 1.165) is 22.4 Å². The number of aromatic nitrogens is 3. The summed E-state index contributed by atoms with van der Waals surface area (Å²) in [5, 5.41) is 7.17. The van der Waals surface area contributed by atoms with Crippen molar-refractivity contribution in [1.82, 2.24) is 15.1 Å². The lowest BCUT2D eigenvalue weighted by Crippen LogP contribution is -2.04. The van der Waals surface area contributed by atoms with E-state index in [9.17, 15) is 0 Å². The van der Waals surface area contributed by atoms with E-state index in [1.165, 1.54) is 0 Å². The minimum Gasteiger partial charge on any atom is -0.494 e. The van der Waals surface area contributed by atoms with Gasteiger partial charge in [-0.15, -0.1) is 0 Å². The van der Waals surface area contributed by atoms with Crippen LogP contribution in [0, 0.1) is 13.8 Å². The molecule has 0 atom stereocenters. The molecular formula is C18H20N4O2. The number of hydrogen-bond donors (Lipinski definition) is 1. The fourth-order valence-electron chi connectivity index (χ4n) is 2.45. The number of benzene rings is 1. The van der Waals surface area contributed by atoms with Gasteiger partial charge in [-0.3, -0.25) is 0 Å². The first-order chi connectivity index (χ1) is 11.7. The SMILES string of the molecule is CCOc1ccc(CNc2ncccc2-c2nc(C)no2)cc1C. The topological polar surface area (TPSA) is 73.1 Å². The summed E-state index contributed by atoms with van der Waals surface area (Å²) in [7, 11) is 0. The standard InChI is InChI=1S/C18H20N4O2/c1-4-23-16-8-7-14(10-12(16)2)11-20-17-15(6-5-9-19-17)18-21-13(3)22-24-18/h5-10H,4,11H2,1-3H3,(H,19,20). The minimum atomic E-state index is 0.464. The van der Waals surface area contributed by atoms with Crippen LogP contribution in [0.5, 0.6) is 5.75 Å². The van der Waals surface area contributed by atoms with Crippen molar-refractivity contribution in [2.75, 3.05) is 11.9 Å². The fourth-order valence-corrected chi connectivity index (χ4v) is 2.45. The Morgan fingerprint density at radius 1 is 1.21 bits per heavy atom. The summed E-state index contributed by atoms with van der Waals surface area (Å²) < 4.78 is 10.8. The third kappa shape index (κ3) is 3.53. The normalized spacial score (nSPS) is 10.6. The van der Waals surface area contributed by atoms with E-state index >= 15 is 0 Å². The van der Waals surface area contributed by atoms with Crippen LogP contribution in [0.15, 0.2) is 41.1 Å². The second-order valence-electron chi connectivity index (χ2n) is 5.43. The molecule has 2 aromatic heterocycles. The maximum absolute atomic E-state index is 5.57. The Morgan fingerprint density at radius 3 is 2.79 bits per heavy atom. The largest absolute Gasteiger partial charge is 0.494 e. The molecule has 1 N–H and O–H groups in total. The molecule has 0 unspecified atom stereocenters. The molecule has 124 valence electrons. The smallest absolute Gasteiger partial charge is 0.261 e. The summed E-state index contributed by atoms with van der Waals surface area (Å²) in [4.78, 5) is 8.65. The van der Waals surface area contributed by atoms with Crippen LogP contribution in [-0.4, -0.2) is 21.7 Å². The molecule has 0 aliphatic carbocycles. The van der Waals surface area contributed by atoms with Crippen LogP contribution >= 0.6 is 0 Å². The van der Waals surface area contributed by atoms with Gasteiger partial charge in [-0.2, -0.15) is 4.98 Å². The number of nitrogens with one attached hydrogen (secondary N) is 1. The van der Waals surface area contributed by atoms with Gasteiger partial charge in [0.2, 0.25) is 0 Å². The molecular weight excluding hydrogens is 304 g/mol. The van der Waals surface area contributed by atoms with Crippen molar-refractivity contribution in [2.24, 2.45) is 0 Å². The number of pyridine rings is 1. The number of nitrogens with zero attached hydrogens (tertiary/aromatic N) is 3. The van der Waals surface area contributed by atoms with Gasteiger partial charge in [0.05, 0.1) is 12.2 Å². The molecule has 0 amide bonds. The number of rotatable bonds is 6. The molecule has 3 aromatic rings. The van der Waals surface area contributed by atoms with E-state index in [1.807, 2.05) is 38.1 Å². The average Bonchev–Trinajstić information content (AvgIpc) is 3.02. The molecule has 2 heterocycles. The van der Waals surface area contributed by atoms with Crippen molar-refractivity contribution >= 4 is 5.82 Å². The van der Waals surface area contributed by atoms with Crippen LogP contribution in [0.4, 0.5) is 5.82 Å². The highest BCUT2D eigenvalue weighted by atomic mass is 16.5. The maximum Gasteiger partial charge on any atom is 0.261 e. The molecule has 1 aromatic carbocycles. The van der Waals surface area contributed by atoms with Gasteiger partial charge in [-0.05, 0) is 50.1 Å². The minimum absolute atomic E-state index is 0.464. The molecule has 0 radical (unpaired) electrons. The molecule has 0 saturated carbocycles. The first-order valence-electron chi connectivity index (χ1n) is 7.89. The molecule has 0 aliphatic rings. The first kappa shape index (κ1) is 16.0. The van der Waals surface area contributed by atoms with E-state index in [4.69, 9.17) is 9.26 Å². The first-order valence-corrected chi connectivity index (χ1v) is 7.89. The molecule has 3 rings (SSSR count). The lowest BCUT2D eigenvalue weighted by Gasteiger charge is -2.11. The molecule has 0 aliphatic heterocycles. The Labute approximate surface area is 140 Å². The molecule has 6 heteroatoms. The van der Waals surface area contributed by atoms with Crippen molar-refractivity contribution < 1.29 is 9.26 Å². The highest BCUT2D eigenvalue weighted by Gasteiger charge is 2.12. The predicted octanol–water partition coefficient (Wildman–Crippen LogP) is 3.76. The Bertz CT molecular complexity index is 829.